The lowest BCUT2D eigenvalue weighted by Crippen LogP contribution is -2.18. The van der Waals surface area contributed by atoms with Crippen LogP contribution in [0.5, 0.6) is 0 Å². The lowest BCUT2D eigenvalue weighted by Gasteiger charge is -2.12. The van der Waals surface area contributed by atoms with E-state index in [2.05, 4.69) is 0 Å². The van der Waals surface area contributed by atoms with Crippen LogP contribution < -0.4 is 0 Å². The van der Waals surface area contributed by atoms with Crippen LogP contribution in [0.25, 0.3) is 0 Å². The summed E-state index contributed by atoms with van der Waals surface area (Å²) in [6, 6.07) is 6.58. The number of carbonyl (C=O) groups is 1. The van der Waals surface area contributed by atoms with Crippen LogP contribution >= 0.6 is 34.8 Å². The van der Waals surface area contributed by atoms with Crippen molar-refractivity contribution in [2.75, 3.05) is 0 Å². The molecule has 0 unspecified atom stereocenters. The Morgan fingerprint density at radius 2 is 1.71 bits per heavy atom. The number of halogens is 3. The summed E-state index contributed by atoms with van der Waals surface area (Å²) in [7, 11) is 0. The SMILES string of the molecule is O=C(O)[C@@H](Cl)[C@@H](Cl)c1ccc(Cl)cc1. The first-order chi connectivity index (χ1) is 6.52. The van der Waals surface area contributed by atoms with Crippen molar-refractivity contribution in [1.82, 2.24) is 0 Å². The molecule has 0 saturated heterocycles. The van der Waals surface area contributed by atoms with Gasteiger partial charge in [0.15, 0.2) is 5.38 Å². The molecule has 1 rings (SSSR count). The van der Waals surface area contributed by atoms with E-state index in [-0.39, 0.29) is 0 Å². The molecule has 2 atom stereocenters. The third-order valence-electron chi connectivity index (χ3n) is 1.68. The van der Waals surface area contributed by atoms with Crippen LogP contribution in [0.3, 0.4) is 0 Å². The molecule has 0 spiro atoms. The molecule has 2 nitrogen and oxygen atoms in total. The van der Waals surface area contributed by atoms with Gasteiger partial charge in [0.05, 0.1) is 5.38 Å². The quantitative estimate of drug-likeness (QED) is 0.839. The maximum absolute atomic E-state index is 10.5. The third kappa shape index (κ3) is 2.77. The molecular weight excluding hydrogens is 246 g/mol. The number of aliphatic carboxylic acids is 1. The molecule has 0 fully saturated rings. The fraction of sp³-hybridized carbons (Fsp3) is 0.222. The summed E-state index contributed by atoms with van der Waals surface area (Å²) in [5.74, 6) is -1.14. The average Bonchev–Trinajstić information content (AvgIpc) is 2.16. The van der Waals surface area contributed by atoms with Crippen molar-refractivity contribution in [2.24, 2.45) is 0 Å². The summed E-state index contributed by atoms with van der Waals surface area (Å²) in [4.78, 5) is 10.5. The molecule has 0 amide bonds. The number of carboxylic acid groups (broad SMARTS) is 1. The molecule has 0 aliphatic carbocycles. The maximum atomic E-state index is 10.5. The zero-order chi connectivity index (χ0) is 10.7. The molecule has 0 radical (unpaired) electrons. The number of alkyl halides is 2. The van der Waals surface area contributed by atoms with Gasteiger partial charge in [0, 0.05) is 5.02 Å². The highest BCUT2D eigenvalue weighted by molar-refractivity contribution is 6.36. The molecule has 76 valence electrons. The van der Waals surface area contributed by atoms with E-state index < -0.39 is 16.7 Å². The minimum Gasteiger partial charge on any atom is -0.480 e. The highest BCUT2D eigenvalue weighted by Gasteiger charge is 2.25. The van der Waals surface area contributed by atoms with Crippen molar-refractivity contribution in [2.45, 2.75) is 10.8 Å². The third-order valence-corrected chi connectivity index (χ3v) is 3.00. The van der Waals surface area contributed by atoms with Crippen LogP contribution in [0, 0.1) is 0 Å². The van der Waals surface area contributed by atoms with Gasteiger partial charge in [-0.1, -0.05) is 23.7 Å². The van der Waals surface area contributed by atoms with Crippen molar-refractivity contribution < 1.29 is 9.90 Å². The average molecular weight is 254 g/mol. The molecule has 0 aromatic heterocycles. The second-order valence-electron chi connectivity index (χ2n) is 2.69. The maximum Gasteiger partial charge on any atom is 0.323 e. The van der Waals surface area contributed by atoms with Gasteiger partial charge in [-0.2, -0.15) is 0 Å². The Morgan fingerprint density at radius 3 is 2.14 bits per heavy atom. The van der Waals surface area contributed by atoms with E-state index in [4.69, 9.17) is 39.9 Å². The number of rotatable bonds is 3. The summed E-state index contributed by atoms with van der Waals surface area (Å²) < 4.78 is 0. The molecule has 1 aromatic carbocycles. The lowest BCUT2D eigenvalue weighted by atomic mass is 10.1. The highest BCUT2D eigenvalue weighted by Crippen LogP contribution is 2.28. The Bertz CT molecular complexity index is 323. The van der Waals surface area contributed by atoms with Crippen LogP contribution in [0.1, 0.15) is 10.9 Å². The van der Waals surface area contributed by atoms with Gasteiger partial charge in [-0.05, 0) is 17.7 Å². The Kier molecular flexibility index (Phi) is 4.05. The molecule has 0 bridgehead atoms. The van der Waals surface area contributed by atoms with Gasteiger partial charge in [0.1, 0.15) is 0 Å². The van der Waals surface area contributed by atoms with Gasteiger partial charge in [0.25, 0.3) is 0 Å². The first kappa shape index (κ1) is 11.6. The molecule has 0 saturated carbocycles. The summed E-state index contributed by atoms with van der Waals surface area (Å²) in [5, 5.41) is 7.30. The molecular formula is C9H7Cl3O2. The first-order valence-electron chi connectivity index (χ1n) is 3.79. The van der Waals surface area contributed by atoms with Crippen molar-refractivity contribution in [3.05, 3.63) is 34.9 Å². The van der Waals surface area contributed by atoms with Crippen LogP contribution in [-0.4, -0.2) is 16.5 Å². The number of benzene rings is 1. The lowest BCUT2D eigenvalue weighted by molar-refractivity contribution is -0.136. The smallest absolute Gasteiger partial charge is 0.323 e. The van der Waals surface area contributed by atoms with E-state index in [1.807, 2.05) is 0 Å². The van der Waals surface area contributed by atoms with Crippen molar-refractivity contribution in [1.29, 1.82) is 0 Å². The predicted molar refractivity (Wildman–Crippen MR) is 57.3 cm³/mol. The Morgan fingerprint density at radius 1 is 1.21 bits per heavy atom. The van der Waals surface area contributed by atoms with Gasteiger partial charge in [-0.3, -0.25) is 4.79 Å². The fourth-order valence-electron chi connectivity index (χ4n) is 0.941. The summed E-state index contributed by atoms with van der Waals surface area (Å²) >= 11 is 17.1. The van der Waals surface area contributed by atoms with Gasteiger partial charge >= 0.3 is 5.97 Å². The summed E-state index contributed by atoms with van der Waals surface area (Å²) in [6.45, 7) is 0. The highest BCUT2D eigenvalue weighted by atomic mass is 35.5. The Balaban J connectivity index is 2.84. The van der Waals surface area contributed by atoms with Gasteiger partial charge in [0.2, 0.25) is 0 Å². The van der Waals surface area contributed by atoms with Crippen LogP contribution in [0.2, 0.25) is 5.02 Å². The monoisotopic (exact) mass is 252 g/mol. The zero-order valence-electron chi connectivity index (χ0n) is 6.95. The van der Waals surface area contributed by atoms with Gasteiger partial charge in [-0.15, -0.1) is 23.2 Å². The van der Waals surface area contributed by atoms with E-state index in [0.29, 0.717) is 10.6 Å². The van der Waals surface area contributed by atoms with Crippen LogP contribution in [0.15, 0.2) is 24.3 Å². The largest absolute Gasteiger partial charge is 0.480 e. The molecule has 5 heteroatoms. The minimum absolute atomic E-state index is 0.569. The molecule has 0 heterocycles. The Hall–Kier alpha value is -0.440. The van der Waals surface area contributed by atoms with E-state index in [1.54, 1.807) is 24.3 Å². The topological polar surface area (TPSA) is 37.3 Å². The van der Waals surface area contributed by atoms with Gasteiger partial charge < -0.3 is 5.11 Å². The number of hydrogen-bond acceptors (Lipinski definition) is 1. The van der Waals surface area contributed by atoms with Crippen LogP contribution in [0.4, 0.5) is 0 Å². The molecule has 14 heavy (non-hydrogen) atoms. The zero-order valence-corrected chi connectivity index (χ0v) is 9.22. The van der Waals surface area contributed by atoms with Crippen LogP contribution in [-0.2, 0) is 4.79 Å². The normalized spacial score (nSPS) is 14.8. The summed E-state index contributed by atoms with van der Waals surface area (Å²) in [5.41, 5.74) is 0.637. The van der Waals surface area contributed by atoms with E-state index in [9.17, 15) is 4.79 Å². The second-order valence-corrected chi connectivity index (χ2v) is 4.07. The van der Waals surface area contributed by atoms with Crippen molar-refractivity contribution >= 4 is 40.8 Å². The second kappa shape index (κ2) is 4.87. The van der Waals surface area contributed by atoms with E-state index in [0.717, 1.165) is 0 Å². The predicted octanol–water partition coefficient (Wildman–Crippen LogP) is 3.31. The number of carboxylic acids is 1. The number of hydrogen-bond donors (Lipinski definition) is 1. The van der Waals surface area contributed by atoms with E-state index >= 15 is 0 Å². The first-order valence-corrected chi connectivity index (χ1v) is 5.04. The van der Waals surface area contributed by atoms with Gasteiger partial charge in [-0.25, -0.2) is 0 Å². The molecule has 1 N–H and O–H groups in total. The fourth-order valence-corrected chi connectivity index (χ4v) is 1.47. The minimum atomic E-state index is -1.14. The Labute approximate surface area is 96.4 Å². The van der Waals surface area contributed by atoms with Crippen molar-refractivity contribution in [3.63, 3.8) is 0 Å². The molecule has 1 aromatic rings. The molecule has 0 aliphatic rings. The van der Waals surface area contributed by atoms with Crippen molar-refractivity contribution in [3.8, 4) is 0 Å². The standard InChI is InChI=1S/C9H7Cl3O2/c10-6-3-1-5(2-4-6)7(11)8(12)9(13)14/h1-4,7-8H,(H,13,14)/t7-,8-/m0/s1. The molecule has 0 aliphatic heterocycles. The van der Waals surface area contributed by atoms with E-state index in [1.165, 1.54) is 0 Å². The summed E-state index contributed by atoms with van der Waals surface area (Å²) in [6.07, 6.45) is 0.